The number of aromatic nitrogens is 1. The van der Waals surface area contributed by atoms with Crippen molar-refractivity contribution in [1.82, 2.24) is 9.71 Å². The molecule has 9 heteroatoms. The zero-order chi connectivity index (χ0) is 14.1. The van der Waals surface area contributed by atoms with Crippen molar-refractivity contribution in [1.29, 1.82) is 0 Å². The molecule has 3 N–H and O–H groups in total. The lowest BCUT2D eigenvalue weighted by Crippen LogP contribution is -2.41. The third kappa shape index (κ3) is 3.43. The number of sulfone groups is 1. The maximum Gasteiger partial charge on any atom is 0.244 e. The van der Waals surface area contributed by atoms with E-state index in [1.54, 1.807) is 0 Å². The molecule has 1 aliphatic rings. The third-order valence-corrected chi connectivity index (χ3v) is 6.25. The van der Waals surface area contributed by atoms with Crippen LogP contribution in [0, 0.1) is 0 Å². The normalized spacial score (nSPS) is 20.2. The predicted molar refractivity (Wildman–Crippen MR) is 70.6 cm³/mol. The van der Waals surface area contributed by atoms with E-state index < -0.39 is 19.9 Å². The van der Waals surface area contributed by atoms with E-state index in [2.05, 4.69) is 9.71 Å². The summed E-state index contributed by atoms with van der Waals surface area (Å²) in [6.45, 7) is 0. The molecule has 0 bridgehead atoms. The van der Waals surface area contributed by atoms with Crippen molar-refractivity contribution in [3.05, 3.63) is 18.3 Å². The van der Waals surface area contributed by atoms with Gasteiger partial charge in [0.05, 0.1) is 11.5 Å². The van der Waals surface area contributed by atoms with Crippen LogP contribution in [-0.2, 0) is 19.9 Å². The minimum absolute atomic E-state index is 0.00269. The Labute approximate surface area is 112 Å². The molecule has 1 saturated heterocycles. The number of nitrogens with one attached hydrogen (secondary N) is 1. The van der Waals surface area contributed by atoms with Crippen molar-refractivity contribution >= 4 is 25.7 Å². The molecular formula is C10H15N3O4S2. The van der Waals surface area contributed by atoms with Crippen LogP contribution in [0.5, 0.6) is 0 Å². The number of hydrogen-bond acceptors (Lipinski definition) is 6. The molecule has 106 valence electrons. The largest absolute Gasteiger partial charge is 0.383 e. The molecule has 1 fully saturated rings. The van der Waals surface area contributed by atoms with Crippen molar-refractivity contribution in [2.75, 3.05) is 17.2 Å². The first-order chi connectivity index (χ1) is 8.80. The zero-order valence-electron chi connectivity index (χ0n) is 10.1. The standard InChI is InChI=1S/C10H15N3O4S2/c11-10-9(2-1-5-12-10)19(16,17)13-8-3-6-18(14,15)7-4-8/h1-2,5,8,13H,3-4,6-7H2,(H2,11,12). The van der Waals surface area contributed by atoms with E-state index in [1.165, 1.54) is 18.3 Å². The van der Waals surface area contributed by atoms with Crippen LogP contribution in [-0.4, -0.2) is 39.4 Å². The van der Waals surface area contributed by atoms with E-state index in [0.717, 1.165) is 0 Å². The van der Waals surface area contributed by atoms with Gasteiger partial charge in [-0.1, -0.05) is 0 Å². The smallest absolute Gasteiger partial charge is 0.244 e. The van der Waals surface area contributed by atoms with Crippen molar-refractivity contribution in [2.24, 2.45) is 0 Å². The Morgan fingerprint density at radius 1 is 1.32 bits per heavy atom. The first-order valence-electron chi connectivity index (χ1n) is 5.73. The van der Waals surface area contributed by atoms with Gasteiger partial charge in [0.2, 0.25) is 10.0 Å². The Morgan fingerprint density at radius 2 is 1.95 bits per heavy atom. The lowest BCUT2D eigenvalue weighted by Gasteiger charge is -2.23. The number of rotatable bonds is 3. The average molecular weight is 305 g/mol. The van der Waals surface area contributed by atoms with Crippen molar-refractivity contribution in [3.8, 4) is 0 Å². The highest BCUT2D eigenvalue weighted by Crippen LogP contribution is 2.18. The van der Waals surface area contributed by atoms with E-state index in [9.17, 15) is 16.8 Å². The maximum atomic E-state index is 12.1. The van der Waals surface area contributed by atoms with Crippen LogP contribution >= 0.6 is 0 Å². The second-order valence-electron chi connectivity index (χ2n) is 4.43. The van der Waals surface area contributed by atoms with Gasteiger partial charge in [0.15, 0.2) is 0 Å². The van der Waals surface area contributed by atoms with Crippen molar-refractivity contribution < 1.29 is 16.8 Å². The summed E-state index contributed by atoms with van der Waals surface area (Å²) < 4.78 is 49.2. The molecule has 0 aliphatic carbocycles. The number of hydrogen-bond donors (Lipinski definition) is 2. The highest BCUT2D eigenvalue weighted by atomic mass is 32.2. The summed E-state index contributed by atoms with van der Waals surface area (Å²) in [5.74, 6) is -0.0655. The second-order valence-corrected chi connectivity index (χ2v) is 8.42. The van der Waals surface area contributed by atoms with E-state index in [1.807, 2.05) is 0 Å². The van der Waals surface area contributed by atoms with E-state index in [4.69, 9.17) is 5.73 Å². The number of pyridine rings is 1. The van der Waals surface area contributed by atoms with Gasteiger partial charge in [0, 0.05) is 12.2 Å². The highest BCUT2D eigenvalue weighted by molar-refractivity contribution is 7.91. The Balaban J connectivity index is 2.13. The molecule has 1 aromatic heterocycles. The van der Waals surface area contributed by atoms with Crippen LogP contribution in [0.25, 0.3) is 0 Å². The van der Waals surface area contributed by atoms with Gasteiger partial charge >= 0.3 is 0 Å². The van der Waals surface area contributed by atoms with Crippen LogP contribution in [0.1, 0.15) is 12.8 Å². The quantitative estimate of drug-likeness (QED) is 0.778. The Bertz CT molecular complexity index is 656. The molecular weight excluding hydrogens is 290 g/mol. The molecule has 0 amide bonds. The van der Waals surface area contributed by atoms with E-state index >= 15 is 0 Å². The monoisotopic (exact) mass is 305 g/mol. The maximum absolute atomic E-state index is 12.1. The molecule has 19 heavy (non-hydrogen) atoms. The minimum Gasteiger partial charge on any atom is -0.383 e. The molecule has 0 radical (unpaired) electrons. The number of nitrogens with two attached hydrogens (primary N) is 1. The number of anilines is 1. The van der Waals surface area contributed by atoms with Gasteiger partial charge in [-0.15, -0.1) is 0 Å². The van der Waals surface area contributed by atoms with Crippen molar-refractivity contribution in [2.45, 2.75) is 23.8 Å². The lowest BCUT2D eigenvalue weighted by molar-refractivity contribution is 0.505. The molecule has 0 unspecified atom stereocenters. The van der Waals surface area contributed by atoms with Crippen LogP contribution in [0.15, 0.2) is 23.2 Å². The molecule has 2 rings (SSSR count). The molecule has 1 aliphatic heterocycles. The third-order valence-electron chi connectivity index (χ3n) is 2.97. The molecule has 0 aromatic carbocycles. The summed E-state index contributed by atoms with van der Waals surface area (Å²) in [7, 11) is -6.78. The first-order valence-corrected chi connectivity index (χ1v) is 9.04. The molecule has 7 nitrogen and oxygen atoms in total. The highest BCUT2D eigenvalue weighted by Gasteiger charge is 2.28. The van der Waals surface area contributed by atoms with E-state index in [-0.39, 0.29) is 41.1 Å². The van der Waals surface area contributed by atoms with Crippen molar-refractivity contribution in [3.63, 3.8) is 0 Å². The second kappa shape index (κ2) is 5.06. The Hall–Kier alpha value is -1.19. The van der Waals surface area contributed by atoms with Gasteiger partial charge in [-0.25, -0.2) is 26.5 Å². The fourth-order valence-corrected chi connectivity index (χ4v) is 4.80. The zero-order valence-corrected chi connectivity index (χ0v) is 11.7. The summed E-state index contributed by atoms with van der Waals surface area (Å²) in [6.07, 6.45) is 1.96. The lowest BCUT2D eigenvalue weighted by atomic mass is 10.2. The summed E-state index contributed by atoms with van der Waals surface area (Å²) in [5.41, 5.74) is 5.53. The van der Waals surface area contributed by atoms with Gasteiger partial charge in [0.25, 0.3) is 0 Å². The predicted octanol–water partition coefficient (Wildman–Crippen LogP) is -0.481. The Kier molecular flexibility index (Phi) is 3.79. The average Bonchev–Trinajstić information content (AvgIpc) is 2.32. The Morgan fingerprint density at radius 3 is 2.53 bits per heavy atom. The number of nitrogen functional groups attached to an aromatic ring is 1. The van der Waals surface area contributed by atoms with Crippen LogP contribution in [0.3, 0.4) is 0 Å². The fourth-order valence-electron chi connectivity index (χ4n) is 1.92. The van der Waals surface area contributed by atoms with Gasteiger partial charge < -0.3 is 5.73 Å². The molecule has 0 saturated carbocycles. The van der Waals surface area contributed by atoms with Crippen LogP contribution < -0.4 is 10.5 Å². The van der Waals surface area contributed by atoms with E-state index in [0.29, 0.717) is 0 Å². The molecule has 0 spiro atoms. The summed E-state index contributed by atoms with van der Waals surface area (Å²) in [5, 5.41) is 0. The van der Waals surface area contributed by atoms with Gasteiger partial charge in [-0.05, 0) is 25.0 Å². The number of nitrogens with zero attached hydrogens (tertiary/aromatic N) is 1. The first kappa shape index (κ1) is 14.2. The minimum atomic E-state index is -3.76. The van der Waals surface area contributed by atoms with Gasteiger partial charge in [0.1, 0.15) is 20.6 Å². The molecule has 2 heterocycles. The summed E-state index contributed by atoms with van der Waals surface area (Å²) >= 11 is 0. The molecule has 0 atom stereocenters. The van der Waals surface area contributed by atoms with Gasteiger partial charge in [-0.3, -0.25) is 0 Å². The summed E-state index contributed by atoms with van der Waals surface area (Å²) in [6, 6.07) is 2.47. The topological polar surface area (TPSA) is 119 Å². The molecule has 1 aromatic rings. The van der Waals surface area contributed by atoms with Crippen LogP contribution in [0.4, 0.5) is 5.82 Å². The SMILES string of the molecule is Nc1ncccc1S(=O)(=O)NC1CCS(=O)(=O)CC1. The van der Waals surface area contributed by atoms with Crippen LogP contribution in [0.2, 0.25) is 0 Å². The van der Waals surface area contributed by atoms with Gasteiger partial charge in [-0.2, -0.15) is 0 Å². The summed E-state index contributed by atoms with van der Waals surface area (Å²) in [4.78, 5) is 3.64. The fraction of sp³-hybridized carbons (Fsp3) is 0.500. The number of sulfonamides is 1.